The smallest absolute Gasteiger partial charge is 0.330 e. The third-order valence-corrected chi connectivity index (χ3v) is 4.93. The fraction of sp³-hybridized carbons (Fsp3) is 0.471. The molecule has 0 radical (unpaired) electrons. The van der Waals surface area contributed by atoms with Gasteiger partial charge in [-0.2, -0.15) is 0 Å². The molecule has 26 heavy (non-hydrogen) atoms. The molecule has 142 valence electrons. The molecule has 0 atom stereocenters. The maximum atomic E-state index is 13.1. The Labute approximate surface area is 155 Å². The second-order valence-electron chi connectivity index (χ2n) is 5.92. The van der Waals surface area contributed by atoms with Crippen molar-refractivity contribution in [3.63, 3.8) is 0 Å². The van der Waals surface area contributed by atoms with Crippen molar-refractivity contribution in [2.24, 2.45) is 0 Å². The predicted octanol–water partition coefficient (Wildman–Crippen LogP) is 1.50. The lowest BCUT2D eigenvalue weighted by molar-refractivity contribution is 0.0975. The summed E-state index contributed by atoms with van der Waals surface area (Å²) in [5.41, 5.74) is 5.33. The van der Waals surface area contributed by atoms with E-state index in [0.717, 1.165) is 9.75 Å². The average molecular weight is 380 g/mol. The lowest BCUT2D eigenvalue weighted by atomic mass is 10.2. The molecule has 2 heterocycles. The quantitative estimate of drug-likeness (QED) is 0.756. The highest BCUT2D eigenvalue weighted by Crippen LogP contribution is 2.25. The SMILES string of the molecule is CCCn1c(N)c(N(CCOC)C(=O)c2cc(C)sc2C)c(=O)[nH]c1=O. The van der Waals surface area contributed by atoms with E-state index >= 15 is 0 Å². The molecule has 2 rings (SSSR count). The number of anilines is 2. The van der Waals surface area contributed by atoms with Gasteiger partial charge in [-0.3, -0.25) is 24.0 Å². The number of methoxy groups -OCH3 is 1. The van der Waals surface area contributed by atoms with E-state index in [1.165, 1.54) is 27.9 Å². The van der Waals surface area contributed by atoms with Gasteiger partial charge in [0.05, 0.1) is 12.2 Å². The topological polar surface area (TPSA) is 110 Å². The van der Waals surface area contributed by atoms with Crippen LogP contribution < -0.4 is 21.9 Å². The number of hydrogen-bond donors (Lipinski definition) is 2. The molecule has 0 bridgehead atoms. The number of aromatic nitrogens is 2. The van der Waals surface area contributed by atoms with Crippen LogP contribution >= 0.6 is 11.3 Å². The van der Waals surface area contributed by atoms with Gasteiger partial charge in [0.25, 0.3) is 11.5 Å². The number of aryl methyl sites for hydroxylation is 2. The molecule has 0 fully saturated rings. The fourth-order valence-electron chi connectivity index (χ4n) is 2.77. The molecule has 9 heteroatoms. The monoisotopic (exact) mass is 380 g/mol. The van der Waals surface area contributed by atoms with E-state index in [1.807, 2.05) is 20.8 Å². The number of rotatable bonds is 7. The molecule has 0 aliphatic rings. The van der Waals surface area contributed by atoms with Gasteiger partial charge in [0.1, 0.15) is 5.82 Å². The Bertz CT molecular complexity index is 912. The first-order valence-corrected chi connectivity index (χ1v) is 9.13. The molecule has 0 aromatic carbocycles. The minimum absolute atomic E-state index is 0.0188. The van der Waals surface area contributed by atoms with E-state index < -0.39 is 11.2 Å². The Kier molecular flexibility index (Phi) is 6.38. The minimum Gasteiger partial charge on any atom is -0.383 e. The third kappa shape index (κ3) is 3.88. The van der Waals surface area contributed by atoms with Gasteiger partial charge in [-0.25, -0.2) is 4.79 Å². The first-order chi connectivity index (χ1) is 12.3. The molecule has 0 saturated carbocycles. The van der Waals surface area contributed by atoms with Crippen molar-refractivity contribution in [2.75, 3.05) is 30.9 Å². The van der Waals surface area contributed by atoms with E-state index in [4.69, 9.17) is 10.5 Å². The summed E-state index contributed by atoms with van der Waals surface area (Å²) in [5, 5.41) is 0. The summed E-state index contributed by atoms with van der Waals surface area (Å²) in [6.45, 7) is 6.36. The van der Waals surface area contributed by atoms with E-state index in [-0.39, 0.29) is 30.6 Å². The van der Waals surface area contributed by atoms with Crippen LogP contribution in [0, 0.1) is 13.8 Å². The number of thiophene rings is 1. The van der Waals surface area contributed by atoms with Crippen LogP contribution in [0.5, 0.6) is 0 Å². The molecule has 0 unspecified atom stereocenters. The Morgan fingerprint density at radius 3 is 2.62 bits per heavy atom. The van der Waals surface area contributed by atoms with E-state index in [1.54, 1.807) is 6.07 Å². The van der Waals surface area contributed by atoms with Crippen LogP contribution in [-0.4, -0.2) is 35.7 Å². The summed E-state index contributed by atoms with van der Waals surface area (Å²) in [6.07, 6.45) is 0.657. The zero-order chi connectivity index (χ0) is 19.4. The number of nitrogen functional groups attached to an aromatic ring is 1. The molecule has 3 N–H and O–H groups in total. The average Bonchev–Trinajstić information content (AvgIpc) is 2.92. The Morgan fingerprint density at radius 2 is 2.08 bits per heavy atom. The number of aromatic amines is 1. The summed E-state index contributed by atoms with van der Waals surface area (Å²) >= 11 is 1.50. The number of carbonyl (C=O) groups is 1. The van der Waals surface area contributed by atoms with Gasteiger partial charge in [-0.15, -0.1) is 11.3 Å². The Balaban J connectivity index is 2.62. The van der Waals surface area contributed by atoms with Crippen LogP contribution in [0.15, 0.2) is 15.7 Å². The van der Waals surface area contributed by atoms with Crippen molar-refractivity contribution in [2.45, 2.75) is 33.7 Å². The predicted molar refractivity (Wildman–Crippen MR) is 103 cm³/mol. The zero-order valence-corrected chi connectivity index (χ0v) is 16.2. The number of nitrogens with two attached hydrogens (primary N) is 1. The zero-order valence-electron chi connectivity index (χ0n) is 15.4. The highest BCUT2D eigenvalue weighted by molar-refractivity contribution is 7.12. The van der Waals surface area contributed by atoms with Gasteiger partial charge < -0.3 is 10.5 Å². The standard InChI is InChI=1S/C17H24N4O4S/c1-5-6-21-14(18)13(15(22)19-17(21)24)20(7-8-25-4)16(23)12-9-10(2)26-11(12)3/h9H,5-8,18H2,1-4H3,(H,19,22,24). The number of ether oxygens (including phenoxy) is 1. The number of nitrogens with zero attached hydrogens (tertiary/aromatic N) is 2. The summed E-state index contributed by atoms with van der Waals surface area (Å²) in [4.78, 5) is 43.0. The number of hydrogen-bond acceptors (Lipinski definition) is 6. The van der Waals surface area contributed by atoms with Crippen LogP contribution in [0.25, 0.3) is 0 Å². The Hall–Kier alpha value is -2.39. The lowest BCUT2D eigenvalue weighted by Gasteiger charge is -2.24. The van der Waals surface area contributed by atoms with Gasteiger partial charge in [0, 0.05) is 30.0 Å². The summed E-state index contributed by atoms with van der Waals surface area (Å²) < 4.78 is 6.36. The maximum absolute atomic E-state index is 13.1. The third-order valence-electron chi connectivity index (χ3n) is 3.97. The van der Waals surface area contributed by atoms with Gasteiger partial charge in [-0.05, 0) is 26.3 Å². The molecule has 2 aromatic rings. The molecule has 0 aliphatic heterocycles. The van der Waals surface area contributed by atoms with E-state index in [2.05, 4.69) is 4.98 Å². The normalized spacial score (nSPS) is 10.9. The molecule has 8 nitrogen and oxygen atoms in total. The fourth-order valence-corrected chi connectivity index (χ4v) is 3.69. The maximum Gasteiger partial charge on any atom is 0.330 e. The van der Waals surface area contributed by atoms with Crippen molar-refractivity contribution in [1.29, 1.82) is 0 Å². The first kappa shape index (κ1) is 19.9. The molecule has 0 saturated heterocycles. The van der Waals surface area contributed by atoms with Gasteiger partial charge in [0.2, 0.25) is 0 Å². The van der Waals surface area contributed by atoms with Crippen molar-refractivity contribution in [1.82, 2.24) is 9.55 Å². The van der Waals surface area contributed by atoms with Gasteiger partial charge in [0.15, 0.2) is 5.69 Å². The van der Waals surface area contributed by atoms with Gasteiger partial charge >= 0.3 is 5.69 Å². The summed E-state index contributed by atoms with van der Waals surface area (Å²) in [6, 6.07) is 1.79. The largest absolute Gasteiger partial charge is 0.383 e. The molecule has 1 amide bonds. The van der Waals surface area contributed by atoms with Crippen LogP contribution in [0.1, 0.15) is 33.5 Å². The number of nitrogens with one attached hydrogen (secondary N) is 1. The minimum atomic E-state index is -0.686. The van der Waals surface area contributed by atoms with Crippen LogP contribution in [0.2, 0.25) is 0 Å². The lowest BCUT2D eigenvalue weighted by Crippen LogP contribution is -2.42. The second-order valence-corrected chi connectivity index (χ2v) is 7.38. The van der Waals surface area contributed by atoms with E-state index in [9.17, 15) is 14.4 Å². The van der Waals surface area contributed by atoms with Crippen LogP contribution in [0.3, 0.4) is 0 Å². The Morgan fingerprint density at radius 1 is 1.38 bits per heavy atom. The molecule has 0 aliphatic carbocycles. The number of amides is 1. The highest BCUT2D eigenvalue weighted by atomic mass is 32.1. The highest BCUT2D eigenvalue weighted by Gasteiger charge is 2.26. The van der Waals surface area contributed by atoms with Crippen molar-refractivity contribution in [3.05, 3.63) is 42.2 Å². The molecule has 2 aromatic heterocycles. The van der Waals surface area contributed by atoms with Crippen LogP contribution in [0.4, 0.5) is 11.5 Å². The second kappa shape index (κ2) is 8.33. The van der Waals surface area contributed by atoms with Crippen molar-refractivity contribution in [3.8, 4) is 0 Å². The molecular formula is C17H24N4O4S. The summed E-state index contributed by atoms with van der Waals surface area (Å²) in [5.74, 6) is -0.363. The summed E-state index contributed by atoms with van der Waals surface area (Å²) in [7, 11) is 1.51. The van der Waals surface area contributed by atoms with Crippen molar-refractivity contribution >= 4 is 28.7 Å². The van der Waals surface area contributed by atoms with E-state index in [0.29, 0.717) is 18.5 Å². The molecule has 0 spiro atoms. The molecular weight excluding hydrogens is 356 g/mol. The number of H-pyrrole nitrogens is 1. The van der Waals surface area contributed by atoms with Gasteiger partial charge in [-0.1, -0.05) is 6.92 Å². The van der Waals surface area contributed by atoms with Crippen LogP contribution in [-0.2, 0) is 11.3 Å². The van der Waals surface area contributed by atoms with Crippen molar-refractivity contribution < 1.29 is 9.53 Å². The number of carbonyl (C=O) groups excluding carboxylic acids is 1. The first-order valence-electron chi connectivity index (χ1n) is 8.32.